The zero-order chi connectivity index (χ0) is 13.4. The Morgan fingerprint density at radius 2 is 1.74 bits per heavy atom. The van der Waals surface area contributed by atoms with Crippen LogP contribution in [0.15, 0.2) is 36.4 Å². The minimum Gasteiger partial charge on any atom is -0.305 e. The lowest BCUT2D eigenvalue weighted by Crippen LogP contribution is -1.89. The van der Waals surface area contributed by atoms with Gasteiger partial charge in [0.15, 0.2) is 0 Å². The van der Waals surface area contributed by atoms with E-state index in [9.17, 15) is 0 Å². The Kier molecular flexibility index (Phi) is 2.85. The molecule has 0 saturated carbocycles. The van der Waals surface area contributed by atoms with Gasteiger partial charge in [0.2, 0.25) is 0 Å². The molecule has 0 fully saturated rings. The van der Waals surface area contributed by atoms with Crippen molar-refractivity contribution < 1.29 is 0 Å². The lowest BCUT2D eigenvalue weighted by Gasteiger charge is -1.98. The van der Waals surface area contributed by atoms with Gasteiger partial charge in [0.1, 0.15) is 0 Å². The van der Waals surface area contributed by atoms with Gasteiger partial charge in [-0.25, -0.2) is 0 Å². The third kappa shape index (κ3) is 2.03. The molecule has 1 N–H and O–H groups in total. The zero-order valence-electron chi connectivity index (χ0n) is 10.9. The Hall–Kier alpha value is -2.11. The van der Waals surface area contributed by atoms with Crippen molar-refractivity contribution in [3.05, 3.63) is 47.5 Å². The topological polar surface area (TPSA) is 23.9 Å². The molecule has 92 valence electrons. The molecular formula is C17H13NS. The van der Waals surface area contributed by atoms with Crippen LogP contribution in [0.25, 0.3) is 20.2 Å². The summed E-state index contributed by atoms with van der Waals surface area (Å²) in [6, 6.07) is 12.6. The number of benzene rings is 2. The molecular weight excluding hydrogens is 250 g/mol. The normalized spacial score (nSPS) is 10.4. The molecule has 0 atom stereocenters. The number of nitrogens with one attached hydrogen (secondary N) is 1. The number of rotatable bonds is 1. The van der Waals surface area contributed by atoms with E-state index in [2.05, 4.69) is 42.2 Å². The maximum absolute atomic E-state index is 7.76. The van der Waals surface area contributed by atoms with Crippen molar-refractivity contribution in [2.45, 2.75) is 13.8 Å². The largest absolute Gasteiger partial charge is 0.305 e. The molecule has 0 saturated heterocycles. The highest BCUT2D eigenvalue weighted by Gasteiger charge is 2.07. The molecule has 0 aliphatic heterocycles. The summed E-state index contributed by atoms with van der Waals surface area (Å²) in [6.07, 6.45) is 0. The van der Waals surface area contributed by atoms with Crippen molar-refractivity contribution in [3.8, 4) is 11.8 Å². The fraction of sp³-hybridized carbons (Fsp3) is 0.118. The Bertz CT molecular complexity index is 859. The van der Waals surface area contributed by atoms with E-state index in [1.165, 1.54) is 20.2 Å². The van der Waals surface area contributed by atoms with E-state index in [-0.39, 0.29) is 0 Å². The first kappa shape index (κ1) is 12.0. The number of fused-ring (bicyclic) bond motifs is 3. The van der Waals surface area contributed by atoms with Crippen LogP contribution in [0.4, 0.5) is 0 Å². The van der Waals surface area contributed by atoms with Gasteiger partial charge in [0, 0.05) is 31.4 Å². The van der Waals surface area contributed by atoms with Crippen LogP contribution in [0, 0.1) is 17.3 Å². The summed E-state index contributed by atoms with van der Waals surface area (Å²) in [5, 5.41) is 10.2. The molecule has 2 heteroatoms. The van der Waals surface area contributed by atoms with Crippen LogP contribution >= 0.6 is 11.3 Å². The second-order valence-corrected chi connectivity index (χ2v) is 5.61. The van der Waals surface area contributed by atoms with Gasteiger partial charge < -0.3 is 5.41 Å². The van der Waals surface area contributed by atoms with Gasteiger partial charge in [-0.3, -0.25) is 0 Å². The monoisotopic (exact) mass is 263 g/mol. The van der Waals surface area contributed by atoms with Crippen molar-refractivity contribution >= 4 is 37.2 Å². The highest BCUT2D eigenvalue weighted by molar-refractivity contribution is 7.25. The lowest BCUT2D eigenvalue weighted by molar-refractivity contribution is 1.47. The van der Waals surface area contributed by atoms with Crippen LogP contribution in [0.5, 0.6) is 0 Å². The molecule has 0 aliphatic carbocycles. The SMILES string of the molecule is CC#Cc1ccc2sc3ccc(C(C)=N)cc3c2c1. The first-order valence-corrected chi connectivity index (χ1v) is 6.95. The first-order valence-electron chi connectivity index (χ1n) is 6.13. The highest BCUT2D eigenvalue weighted by Crippen LogP contribution is 2.34. The quantitative estimate of drug-likeness (QED) is 0.481. The van der Waals surface area contributed by atoms with Crippen molar-refractivity contribution in [3.63, 3.8) is 0 Å². The molecule has 0 radical (unpaired) electrons. The Morgan fingerprint density at radius 1 is 1.05 bits per heavy atom. The van der Waals surface area contributed by atoms with Crippen LogP contribution in [0.3, 0.4) is 0 Å². The molecule has 0 aliphatic rings. The molecule has 3 rings (SSSR count). The van der Waals surface area contributed by atoms with E-state index in [1.807, 2.05) is 19.9 Å². The van der Waals surface area contributed by atoms with Gasteiger partial charge in [0.05, 0.1) is 0 Å². The van der Waals surface area contributed by atoms with Crippen molar-refractivity contribution in [2.24, 2.45) is 0 Å². The molecule has 2 aromatic carbocycles. The maximum atomic E-state index is 7.76. The van der Waals surface area contributed by atoms with E-state index >= 15 is 0 Å². The molecule has 19 heavy (non-hydrogen) atoms. The lowest BCUT2D eigenvalue weighted by atomic mass is 10.1. The van der Waals surface area contributed by atoms with Gasteiger partial charge in [-0.05, 0) is 49.7 Å². The number of hydrogen-bond acceptors (Lipinski definition) is 2. The summed E-state index contributed by atoms with van der Waals surface area (Å²) < 4.78 is 2.54. The minimum atomic E-state index is 0.603. The fourth-order valence-corrected chi connectivity index (χ4v) is 3.30. The van der Waals surface area contributed by atoms with E-state index < -0.39 is 0 Å². The Morgan fingerprint density at radius 3 is 2.42 bits per heavy atom. The molecule has 3 aromatic rings. The van der Waals surface area contributed by atoms with Crippen LogP contribution in [0.2, 0.25) is 0 Å². The predicted octanol–water partition coefficient (Wildman–Crippen LogP) is 4.81. The van der Waals surface area contributed by atoms with Gasteiger partial charge in [0.25, 0.3) is 0 Å². The van der Waals surface area contributed by atoms with Gasteiger partial charge in [-0.2, -0.15) is 0 Å². The third-order valence-electron chi connectivity index (χ3n) is 3.17. The number of thiophene rings is 1. The van der Waals surface area contributed by atoms with Crippen molar-refractivity contribution in [2.75, 3.05) is 0 Å². The van der Waals surface area contributed by atoms with Crippen LogP contribution in [0.1, 0.15) is 25.0 Å². The van der Waals surface area contributed by atoms with Crippen molar-refractivity contribution in [1.82, 2.24) is 0 Å². The second kappa shape index (κ2) is 4.53. The van der Waals surface area contributed by atoms with Crippen LogP contribution < -0.4 is 0 Å². The molecule has 0 amide bonds. The maximum Gasteiger partial charge on any atom is 0.0356 e. The summed E-state index contributed by atoms with van der Waals surface area (Å²) in [7, 11) is 0. The van der Waals surface area contributed by atoms with E-state index in [0.29, 0.717) is 5.71 Å². The second-order valence-electron chi connectivity index (χ2n) is 4.52. The molecule has 0 unspecified atom stereocenters. The minimum absolute atomic E-state index is 0.603. The molecule has 0 spiro atoms. The van der Waals surface area contributed by atoms with Gasteiger partial charge >= 0.3 is 0 Å². The van der Waals surface area contributed by atoms with Crippen molar-refractivity contribution in [1.29, 1.82) is 5.41 Å². The predicted molar refractivity (Wildman–Crippen MR) is 84.4 cm³/mol. The van der Waals surface area contributed by atoms with E-state index in [4.69, 9.17) is 5.41 Å². The van der Waals surface area contributed by atoms with Crippen LogP contribution in [-0.4, -0.2) is 5.71 Å². The average molecular weight is 263 g/mol. The molecule has 1 nitrogen and oxygen atoms in total. The number of hydrogen-bond donors (Lipinski definition) is 1. The van der Waals surface area contributed by atoms with Crippen LogP contribution in [-0.2, 0) is 0 Å². The Balaban J connectivity index is 2.36. The first-order chi connectivity index (χ1) is 9.19. The molecule has 1 heterocycles. The summed E-state index contributed by atoms with van der Waals surface area (Å²) >= 11 is 1.79. The van der Waals surface area contributed by atoms with Gasteiger partial charge in [-0.15, -0.1) is 17.3 Å². The Labute approximate surface area is 116 Å². The highest BCUT2D eigenvalue weighted by atomic mass is 32.1. The summed E-state index contributed by atoms with van der Waals surface area (Å²) in [5.41, 5.74) is 2.64. The molecule has 1 aromatic heterocycles. The summed E-state index contributed by atoms with van der Waals surface area (Å²) in [4.78, 5) is 0. The third-order valence-corrected chi connectivity index (χ3v) is 4.32. The molecule has 0 bridgehead atoms. The van der Waals surface area contributed by atoms with E-state index in [1.54, 1.807) is 11.3 Å². The van der Waals surface area contributed by atoms with E-state index in [0.717, 1.165) is 11.1 Å². The summed E-state index contributed by atoms with van der Waals surface area (Å²) in [5.74, 6) is 6.04. The smallest absolute Gasteiger partial charge is 0.0356 e. The van der Waals surface area contributed by atoms with Gasteiger partial charge in [-0.1, -0.05) is 12.0 Å². The average Bonchev–Trinajstić information content (AvgIpc) is 2.76. The summed E-state index contributed by atoms with van der Waals surface area (Å²) in [6.45, 7) is 3.68. The standard InChI is InChI=1S/C17H13NS/c1-3-4-12-5-7-16-14(9-12)15-10-13(11(2)18)6-8-17(15)19-16/h5-10,18H,1-2H3. The zero-order valence-corrected chi connectivity index (χ0v) is 11.7. The fourth-order valence-electron chi connectivity index (χ4n) is 2.23.